The number of esters is 1. The molecule has 0 aromatic rings. The molecule has 0 heterocycles. The van der Waals surface area contributed by atoms with Gasteiger partial charge in [0.1, 0.15) is 6.10 Å². The summed E-state index contributed by atoms with van der Waals surface area (Å²) in [5, 5.41) is 23.5. The van der Waals surface area contributed by atoms with Crippen LogP contribution in [0.1, 0.15) is 233 Å². The van der Waals surface area contributed by atoms with Gasteiger partial charge in [-0.3, -0.25) is 9.59 Å². The van der Waals surface area contributed by atoms with Crippen LogP contribution in [0.4, 0.5) is 0 Å². The van der Waals surface area contributed by atoms with Gasteiger partial charge in [0.15, 0.2) is 0 Å². The summed E-state index contributed by atoms with van der Waals surface area (Å²) in [7, 11) is 0. The third-order valence-electron chi connectivity index (χ3n) is 10.3. The molecule has 0 saturated heterocycles. The minimum Gasteiger partial charge on any atom is -0.462 e. The summed E-state index contributed by atoms with van der Waals surface area (Å²) in [6, 6.07) is -0.698. The molecule has 6 nitrogen and oxygen atoms in total. The maximum absolute atomic E-state index is 13.0. The van der Waals surface area contributed by atoms with Gasteiger partial charge in [0, 0.05) is 6.42 Å². The van der Waals surface area contributed by atoms with E-state index in [0.29, 0.717) is 19.3 Å². The summed E-state index contributed by atoms with van der Waals surface area (Å²) in [4.78, 5) is 25.8. The number of aliphatic hydroxyl groups is 2. The van der Waals surface area contributed by atoms with Gasteiger partial charge in [-0.05, 0) is 51.4 Å². The molecule has 3 unspecified atom stereocenters. The largest absolute Gasteiger partial charge is 0.462 e. The number of nitrogens with one attached hydrogen (secondary N) is 1. The quantitative estimate of drug-likeness (QED) is 0.0331. The number of amides is 1. The number of aliphatic hydroxyl groups excluding tert-OH is 2. The van der Waals surface area contributed by atoms with E-state index in [1.807, 2.05) is 0 Å². The van der Waals surface area contributed by atoms with Crippen molar-refractivity contribution in [2.75, 3.05) is 6.61 Å². The lowest BCUT2D eigenvalue weighted by Crippen LogP contribution is -2.46. The Hall–Kier alpha value is -1.66. The number of unbranched alkanes of at least 4 members (excludes halogenated alkanes) is 25. The van der Waals surface area contributed by atoms with E-state index < -0.39 is 18.2 Å². The molecule has 0 spiro atoms. The van der Waals surface area contributed by atoms with Crippen LogP contribution in [0, 0.1) is 0 Å². The van der Waals surface area contributed by atoms with E-state index in [1.54, 1.807) is 0 Å². The second-order valence-corrected chi connectivity index (χ2v) is 15.5. The van der Waals surface area contributed by atoms with Crippen molar-refractivity contribution < 1.29 is 24.5 Å². The van der Waals surface area contributed by atoms with Gasteiger partial charge in [0.2, 0.25) is 5.91 Å². The van der Waals surface area contributed by atoms with Crippen molar-refractivity contribution in [3.63, 3.8) is 0 Å². The average Bonchev–Trinajstić information content (AvgIpc) is 3.13. The van der Waals surface area contributed by atoms with Crippen LogP contribution in [-0.2, 0) is 14.3 Å². The monoisotopic (exact) mass is 734 g/mol. The molecule has 0 bridgehead atoms. The highest BCUT2D eigenvalue weighted by molar-refractivity contribution is 5.77. The summed E-state index contributed by atoms with van der Waals surface area (Å²) in [5.41, 5.74) is 0. The van der Waals surface area contributed by atoms with Gasteiger partial charge in [0.25, 0.3) is 0 Å². The van der Waals surface area contributed by atoms with E-state index in [-0.39, 0.29) is 24.9 Å². The molecule has 0 rings (SSSR count). The minimum absolute atomic E-state index is 0.0698. The zero-order valence-electron chi connectivity index (χ0n) is 34.7. The molecule has 3 atom stereocenters. The van der Waals surface area contributed by atoms with Crippen molar-refractivity contribution in [2.24, 2.45) is 0 Å². The van der Waals surface area contributed by atoms with E-state index in [0.717, 1.165) is 70.6 Å². The SMILES string of the molecule is CCCCCCCCC/C=C/C=C/CCCCCC(=O)OC(CCCCCCCCC)CC(=O)NC(CO)C(O)CCCCCCCCCCCC. The minimum atomic E-state index is -0.784. The number of carbonyl (C=O) groups is 2. The number of rotatable bonds is 40. The number of ether oxygens (including phenoxy) is 1. The average molecular weight is 734 g/mol. The van der Waals surface area contributed by atoms with E-state index in [1.165, 1.54) is 116 Å². The van der Waals surface area contributed by atoms with Crippen LogP contribution in [0.15, 0.2) is 24.3 Å². The van der Waals surface area contributed by atoms with E-state index >= 15 is 0 Å². The Morgan fingerprint density at radius 3 is 1.42 bits per heavy atom. The van der Waals surface area contributed by atoms with Crippen LogP contribution >= 0.6 is 0 Å². The predicted octanol–water partition coefficient (Wildman–Crippen LogP) is 12.8. The fraction of sp³-hybridized carbons (Fsp3) is 0.870. The van der Waals surface area contributed by atoms with Crippen LogP contribution in [0.25, 0.3) is 0 Å². The fourth-order valence-corrected chi connectivity index (χ4v) is 6.83. The molecule has 52 heavy (non-hydrogen) atoms. The standard InChI is InChI=1S/C46H87NO5/c1-4-7-10-13-16-18-20-21-22-23-24-25-27-30-33-36-39-46(51)52-42(37-34-31-28-15-12-9-6-3)40-45(50)47-43(41-48)44(49)38-35-32-29-26-19-17-14-11-8-5-2/h22-25,42-44,48-49H,4-21,26-41H2,1-3H3,(H,47,50)/b23-22+,25-24+. The van der Waals surface area contributed by atoms with Gasteiger partial charge in [-0.1, -0.05) is 193 Å². The highest BCUT2D eigenvalue weighted by Crippen LogP contribution is 2.17. The van der Waals surface area contributed by atoms with Gasteiger partial charge in [0.05, 0.1) is 25.2 Å². The molecule has 0 aliphatic rings. The van der Waals surface area contributed by atoms with Crippen molar-refractivity contribution in [3.8, 4) is 0 Å². The Morgan fingerprint density at radius 1 is 0.558 bits per heavy atom. The first-order chi connectivity index (χ1) is 25.5. The summed E-state index contributed by atoms with van der Waals surface area (Å²) in [6.07, 6.45) is 43.9. The molecule has 0 aliphatic carbocycles. The van der Waals surface area contributed by atoms with Crippen molar-refractivity contribution in [2.45, 2.75) is 251 Å². The summed E-state index contributed by atoms with van der Waals surface area (Å²) < 4.78 is 5.86. The lowest BCUT2D eigenvalue weighted by atomic mass is 10.0. The van der Waals surface area contributed by atoms with Crippen LogP contribution < -0.4 is 5.32 Å². The molecule has 0 aromatic heterocycles. The molecule has 1 amide bonds. The molecule has 0 saturated carbocycles. The van der Waals surface area contributed by atoms with Gasteiger partial charge >= 0.3 is 5.97 Å². The van der Waals surface area contributed by atoms with Crippen LogP contribution in [0.3, 0.4) is 0 Å². The molecule has 6 heteroatoms. The molecule has 306 valence electrons. The van der Waals surface area contributed by atoms with E-state index in [4.69, 9.17) is 4.74 Å². The number of carbonyl (C=O) groups excluding carboxylic acids is 2. The predicted molar refractivity (Wildman–Crippen MR) is 223 cm³/mol. The third kappa shape index (κ3) is 35.4. The Bertz CT molecular complexity index is 828. The first kappa shape index (κ1) is 50.3. The third-order valence-corrected chi connectivity index (χ3v) is 10.3. The van der Waals surface area contributed by atoms with E-state index in [2.05, 4.69) is 50.4 Å². The van der Waals surface area contributed by atoms with E-state index in [9.17, 15) is 19.8 Å². The molecular formula is C46H87NO5. The Labute approximate surface area is 322 Å². The normalized spacial score (nSPS) is 13.6. The molecule has 0 aliphatic heterocycles. The second kappa shape index (κ2) is 40.5. The molecule has 0 aromatic carbocycles. The topological polar surface area (TPSA) is 95.9 Å². The molecule has 3 N–H and O–H groups in total. The highest BCUT2D eigenvalue weighted by atomic mass is 16.5. The Kier molecular flexibility index (Phi) is 39.2. The first-order valence-electron chi connectivity index (χ1n) is 22.6. The van der Waals surface area contributed by atoms with Crippen molar-refractivity contribution >= 4 is 11.9 Å². The number of hydrogen-bond donors (Lipinski definition) is 3. The van der Waals surface area contributed by atoms with Crippen LogP contribution in [0.5, 0.6) is 0 Å². The zero-order valence-corrected chi connectivity index (χ0v) is 34.7. The lowest BCUT2D eigenvalue weighted by Gasteiger charge is -2.24. The first-order valence-corrected chi connectivity index (χ1v) is 22.6. The maximum atomic E-state index is 13.0. The van der Waals surface area contributed by atoms with Crippen LogP contribution in [-0.4, -0.2) is 46.9 Å². The van der Waals surface area contributed by atoms with Gasteiger partial charge in [-0.2, -0.15) is 0 Å². The summed E-state index contributed by atoms with van der Waals surface area (Å²) in [5.74, 6) is -0.505. The van der Waals surface area contributed by atoms with Gasteiger partial charge in [-0.25, -0.2) is 0 Å². The summed E-state index contributed by atoms with van der Waals surface area (Å²) >= 11 is 0. The molecular weight excluding hydrogens is 647 g/mol. The number of allylic oxidation sites excluding steroid dienone is 4. The fourth-order valence-electron chi connectivity index (χ4n) is 6.83. The summed E-state index contributed by atoms with van der Waals surface area (Å²) in [6.45, 7) is 6.42. The molecule has 0 radical (unpaired) electrons. The van der Waals surface area contributed by atoms with Crippen molar-refractivity contribution in [1.82, 2.24) is 5.32 Å². The Morgan fingerprint density at radius 2 is 0.962 bits per heavy atom. The molecule has 0 fully saturated rings. The van der Waals surface area contributed by atoms with Gasteiger partial charge in [-0.15, -0.1) is 0 Å². The lowest BCUT2D eigenvalue weighted by molar-refractivity contribution is -0.151. The van der Waals surface area contributed by atoms with Crippen molar-refractivity contribution in [1.29, 1.82) is 0 Å². The zero-order chi connectivity index (χ0) is 38.2. The Balaban J connectivity index is 4.47. The number of hydrogen-bond acceptors (Lipinski definition) is 5. The van der Waals surface area contributed by atoms with Gasteiger partial charge < -0.3 is 20.3 Å². The second-order valence-electron chi connectivity index (χ2n) is 15.5. The van der Waals surface area contributed by atoms with Crippen LogP contribution in [0.2, 0.25) is 0 Å². The highest BCUT2D eigenvalue weighted by Gasteiger charge is 2.24. The maximum Gasteiger partial charge on any atom is 0.306 e. The smallest absolute Gasteiger partial charge is 0.306 e. The van der Waals surface area contributed by atoms with Crippen molar-refractivity contribution in [3.05, 3.63) is 24.3 Å².